The van der Waals surface area contributed by atoms with E-state index in [1.807, 2.05) is 0 Å². The Morgan fingerprint density at radius 2 is 2.07 bits per heavy atom. The van der Waals surface area contributed by atoms with Gasteiger partial charge in [0, 0.05) is 19.5 Å². The van der Waals surface area contributed by atoms with E-state index in [2.05, 4.69) is 24.2 Å². The Hall–Kier alpha value is -0.650. The molecule has 1 aliphatic rings. The summed E-state index contributed by atoms with van der Waals surface area (Å²) in [6, 6.07) is 0. The average Bonchev–Trinajstić information content (AvgIpc) is 2.16. The smallest absolute Gasteiger partial charge is 0.233 e. The van der Waals surface area contributed by atoms with Crippen LogP contribution in [-0.4, -0.2) is 42.6 Å². The van der Waals surface area contributed by atoms with E-state index in [9.17, 15) is 4.79 Å². The molecular weight excluding hydrogens is 194 g/mol. The van der Waals surface area contributed by atoms with Gasteiger partial charge in [0.2, 0.25) is 5.91 Å². The van der Waals surface area contributed by atoms with Crippen LogP contribution in [0.3, 0.4) is 0 Å². The van der Waals surface area contributed by atoms with Crippen LogP contribution < -0.4 is 11.3 Å². The maximum Gasteiger partial charge on any atom is 0.233 e. The van der Waals surface area contributed by atoms with Crippen molar-refractivity contribution in [1.82, 2.24) is 10.3 Å². The maximum atomic E-state index is 10.9. The summed E-state index contributed by atoms with van der Waals surface area (Å²) in [6.07, 6.45) is 1.92. The molecule has 1 aliphatic heterocycles. The van der Waals surface area contributed by atoms with Gasteiger partial charge in [-0.25, -0.2) is 5.84 Å². The summed E-state index contributed by atoms with van der Waals surface area (Å²) < 4.78 is 5.62. The van der Waals surface area contributed by atoms with Crippen molar-refractivity contribution < 1.29 is 9.53 Å². The van der Waals surface area contributed by atoms with Gasteiger partial charge in [-0.1, -0.05) is 0 Å². The zero-order valence-electron chi connectivity index (χ0n) is 9.53. The molecule has 1 fully saturated rings. The highest BCUT2D eigenvalue weighted by atomic mass is 16.5. The fraction of sp³-hybridized carbons (Fsp3) is 0.900. The average molecular weight is 215 g/mol. The predicted octanol–water partition coefficient (Wildman–Crippen LogP) is -0.134. The first-order valence-electron chi connectivity index (χ1n) is 5.49. The molecule has 0 saturated carbocycles. The van der Waals surface area contributed by atoms with E-state index in [4.69, 9.17) is 10.6 Å². The van der Waals surface area contributed by atoms with Crippen molar-refractivity contribution >= 4 is 5.91 Å². The molecule has 15 heavy (non-hydrogen) atoms. The van der Waals surface area contributed by atoms with E-state index in [1.54, 1.807) is 0 Å². The third-order valence-electron chi connectivity index (χ3n) is 2.53. The minimum atomic E-state index is -0.0932. The first-order chi connectivity index (χ1) is 7.11. The van der Waals surface area contributed by atoms with E-state index in [-0.39, 0.29) is 18.1 Å². The molecule has 3 N–H and O–H groups in total. The second kappa shape index (κ2) is 6.05. The molecule has 5 nitrogen and oxygen atoms in total. The van der Waals surface area contributed by atoms with Gasteiger partial charge < -0.3 is 4.74 Å². The van der Waals surface area contributed by atoms with Gasteiger partial charge in [-0.2, -0.15) is 0 Å². The van der Waals surface area contributed by atoms with Gasteiger partial charge in [-0.05, 0) is 26.8 Å². The number of amides is 1. The van der Waals surface area contributed by atoms with E-state index in [0.29, 0.717) is 6.42 Å². The molecule has 0 bridgehead atoms. The Labute approximate surface area is 90.9 Å². The molecule has 0 aromatic heterocycles. The highest BCUT2D eigenvalue weighted by molar-refractivity contribution is 5.75. The lowest BCUT2D eigenvalue weighted by atomic mass is 10.2. The van der Waals surface area contributed by atoms with Gasteiger partial charge in [0.1, 0.15) is 0 Å². The highest BCUT2D eigenvalue weighted by Gasteiger charge is 2.21. The number of nitrogens with zero attached hydrogens (tertiary/aromatic N) is 1. The van der Waals surface area contributed by atoms with Gasteiger partial charge in [0.25, 0.3) is 0 Å². The molecule has 5 heteroatoms. The van der Waals surface area contributed by atoms with Crippen LogP contribution in [0.1, 0.15) is 26.7 Å². The van der Waals surface area contributed by atoms with Crippen LogP contribution >= 0.6 is 0 Å². The Kier molecular flexibility index (Phi) is 5.01. The number of nitrogens with two attached hydrogens (primary N) is 1. The molecule has 0 spiro atoms. The fourth-order valence-corrected chi connectivity index (χ4v) is 2.00. The third kappa shape index (κ3) is 4.59. The van der Waals surface area contributed by atoms with Crippen LogP contribution in [0.4, 0.5) is 0 Å². The molecule has 0 aliphatic carbocycles. The fourth-order valence-electron chi connectivity index (χ4n) is 2.00. The van der Waals surface area contributed by atoms with Gasteiger partial charge in [-0.3, -0.25) is 15.1 Å². The largest absolute Gasteiger partial charge is 0.373 e. The first-order valence-corrected chi connectivity index (χ1v) is 5.49. The van der Waals surface area contributed by atoms with Crippen molar-refractivity contribution in [3.63, 3.8) is 0 Å². The van der Waals surface area contributed by atoms with Crippen LogP contribution in [0.15, 0.2) is 0 Å². The van der Waals surface area contributed by atoms with Crippen molar-refractivity contribution in [1.29, 1.82) is 0 Å². The summed E-state index contributed by atoms with van der Waals surface area (Å²) in [5.74, 6) is 4.91. The summed E-state index contributed by atoms with van der Waals surface area (Å²) in [6.45, 7) is 7.00. The SMILES string of the molecule is CC1CN(CCCC(=O)NN)CC(C)O1. The molecule has 1 saturated heterocycles. The number of rotatable bonds is 4. The lowest BCUT2D eigenvalue weighted by molar-refractivity contribution is -0.121. The number of carbonyl (C=O) groups excluding carboxylic acids is 1. The Balaban J connectivity index is 2.17. The Morgan fingerprint density at radius 3 is 2.60 bits per heavy atom. The quantitative estimate of drug-likeness (QED) is 0.389. The summed E-state index contributed by atoms with van der Waals surface area (Å²) in [7, 11) is 0. The molecule has 0 aromatic carbocycles. The molecule has 0 aromatic rings. The van der Waals surface area contributed by atoms with E-state index >= 15 is 0 Å². The molecule has 1 rings (SSSR count). The number of hydrogen-bond acceptors (Lipinski definition) is 4. The van der Waals surface area contributed by atoms with Crippen LogP contribution in [0.5, 0.6) is 0 Å². The molecular formula is C10H21N3O2. The molecule has 1 amide bonds. The predicted molar refractivity (Wildman–Crippen MR) is 58.0 cm³/mol. The van der Waals surface area contributed by atoms with Gasteiger partial charge >= 0.3 is 0 Å². The maximum absolute atomic E-state index is 10.9. The molecule has 0 radical (unpaired) electrons. The van der Waals surface area contributed by atoms with E-state index < -0.39 is 0 Å². The summed E-state index contributed by atoms with van der Waals surface area (Å²) in [4.78, 5) is 13.2. The van der Waals surface area contributed by atoms with Gasteiger partial charge in [0.05, 0.1) is 12.2 Å². The number of morpholine rings is 1. The highest BCUT2D eigenvalue weighted by Crippen LogP contribution is 2.11. The van der Waals surface area contributed by atoms with Crippen molar-refractivity contribution in [2.75, 3.05) is 19.6 Å². The standard InChI is InChI=1S/C10H21N3O2/c1-8-6-13(7-9(2)15-8)5-3-4-10(14)12-11/h8-9H,3-7,11H2,1-2H3,(H,12,14). The van der Waals surface area contributed by atoms with Crippen LogP contribution in [-0.2, 0) is 9.53 Å². The first kappa shape index (κ1) is 12.4. The summed E-state index contributed by atoms with van der Waals surface area (Å²) >= 11 is 0. The zero-order chi connectivity index (χ0) is 11.3. The van der Waals surface area contributed by atoms with Gasteiger partial charge in [0.15, 0.2) is 0 Å². The zero-order valence-corrected chi connectivity index (χ0v) is 9.53. The van der Waals surface area contributed by atoms with E-state index in [0.717, 1.165) is 26.1 Å². The molecule has 2 unspecified atom stereocenters. The lowest BCUT2D eigenvalue weighted by Gasteiger charge is -2.35. The third-order valence-corrected chi connectivity index (χ3v) is 2.53. The van der Waals surface area contributed by atoms with Crippen LogP contribution in [0.2, 0.25) is 0 Å². The number of hydrogen-bond donors (Lipinski definition) is 2. The number of hydrazine groups is 1. The van der Waals surface area contributed by atoms with Gasteiger partial charge in [-0.15, -0.1) is 0 Å². The van der Waals surface area contributed by atoms with Crippen molar-refractivity contribution in [3.8, 4) is 0 Å². The minimum Gasteiger partial charge on any atom is -0.373 e. The summed E-state index contributed by atoms with van der Waals surface area (Å²) in [5.41, 5.74) is 2.14. The number of carbonyl (C=O) groups is 1. The second-order valence-electron chi connectivity index (χ2n) is 4.19. The molecule has 1 heterocycles. The van der Waals surface area contributed by atoms with E-state index in [1.165, 1.54) is 0 Å². The summed E-state index contributed by atoms with van der Waals surface area (Å²) in [5, 5.41) is 0. The lowest BCUT2D eigenvalue weighted by Crippen LogP contribution is -2.45. The Bertz CT molecular complexity index is 201. The molecule has 88 valence electrons. The second-order valence-corrected chi connectivity index (χ2v) is 4.19. The number of nitrogens with one attached hydrogen (secondary N) is 1. The number of ether oxygens (including phenoxy) is 1. The van der Waals surface area contributed by atoms with Crippen LogP contribution in [0.25, 0.3) is 0 Å². The van der Waals surface area contributed by atoms with Crippen molar-refractivity contribution in [3.05, 3.63) is 0 Å². The molecule has 2 atom stereocenters. The normalized spacial score (nSPS) is 27.7. The van der Waals surface area contributed by atoms with Crippen molar-refractivity contribution in [2.45, 2.75) is 38.9 Å². The Morgan fingerprint density at radius 1 is 1.47 bits per heavy atom. The van der Waals surface area contributed by atoms with Crippen LogP contribution in [0, 0.1) is 0 Å². The minimum absolute atomic E-state index is 0.0932. The van der Waals surface area contributed by atoms with Crippen molar-refractivity contribution in [2.24, 2.45) is 5.84 Å². The monoisotopic (exact) mass is 215 g/mol. The topological polar surface area (TPSA) is 67.6 Å².